The average molecular weight is 343 g/mol. The van der Waals surface area contributed by atoms with Crippen LogP contribution in [0.4, 0.5) is 10.5 Å². The lowest BCUT2D eigenvalue weighted by molar-refractivity contribution is -0.140. The zero-order valence-corrected chi connectivity index (χ0v) is 12.7. The summed E-state index contributed by atoms with van der Waals surface area (Å²) in [6.07, 6.45) is 0.418. The van der Waals surface area contributed by atoms with Crippen molar-refractivity contribution in [3.8, 4) is 0 Å². The lowest BCUT2D eigenvalue weighted by atomic mass is 10.1. The number of aliphatic carboxylic acids is 1. The van der Waals surface area contributed by atoms with Gasteiger partial charge in [0.25, 0.3) is 0 Å². The number of alkyl halides is 1. The first-order chi connectivity index (χ1) is 11.0. The molecule has 0 radical (unpaired) electrons. The van der Waals surface area contributed by atoms with Gasteiger partial charge in [0.2, 0.25) is 6.41 Å². The molecule has 0 fully saturated rings. The molecule has 3 N–H and O–H groups in total. The normalized spacial score (nSPS) is 11.2. The van der Waals surface area contributed by atoms with Crippen molar-refractivity contribution in [3.63, 3.8) is 0 Å². The molecule has 3 amide bonds. The summed E-state index contributed by atoms with van der Waals surface area (Å²) < 4.78 is 0. The fraction of sp³-hybridized carbons (Fsp3) is 0.308. The predicted octanol–water partition coefficient (Wildman–Crippen LogP) is 1.18. The second-order valence-corrected chi connectivity index (χ2v) is 4.78. The summed E-state index contributed by atoms with van der Waals surface area (Å²) in [7, 11) is 0. The number of rotatable bonds is 9. The first kappa shape index (κ1) is 18.4. The van der Waals surface area contributed by atoms with Gasteiger partial charge in [-0.05, 0) is 17.7 Å². The van der Waals surface area contributed by atoms with E-state index in [0.717, 1.165) is 0 Å². The number of carbonyl (C=O) groups excluding carboxylic acids is 2. The van der Waals surface area contributed by atoms with Gasteiger partial charge >= 0.3 is 12.0 Å². The van der Waals surface area contributed by atoms with Crippen LogP contribution in [0.1, 0.15) is 5.56 Å². The van der Waals surface area contributed by atoms with Crippen LogP contribution in [0.15, 0.2) is 29.6 Å². The molecule has 0 aromatic heterocycles. The SMILES string of the molecule is O=CNC(Cc1ccc(NC(=O)N(CCCl)N=O)cc1)C(=O)O. The topological polar surface area (TPSA) is 128 Å². The number of nitrogens with one attached hydrogen (secondary N) is 2. The number of carboxylic acid groups (broad SMARTS) is 1. The Kier molecular flexibility index (Phi) is 7.48. The van der Waals surface area contributed by atoms with Crippen LogP contribution >= 0.6 is 11.6 Å². The van der Waals surface area contributed by atoms with Crippen LogP contribution in [-0.2, 0) is 16.0 Å². The number of nitrogens with zero attached hydrogens (tertiary/aromatic N) is 2. The lowest BCUT2D eigenvalue weighted by Crippen LogP contribution is -2.37. The molecule has 10 heteroatoms. The van der Waals surface area contributed by atoms with E-state index in [0.29, 0.717) is 22.7 Å². The van der Waals surface area contributed by atoms with Crippen LogP contribution in [-0.4, -0.2) is 47.0 Å². The molecular weight excluding hydrogens is 328 g/mol. The first-order valence-corrected chi connectivity index (χ1v) is 7.04. The van der Waals surface area contributed by atoms with Crippen molar-refractivity contribution in [1.82, 2.24) is 10.3 Å². The van der Waals surface area contributed by atoms with Crippen molar-refractivity contribution in [2.75, 3.05) is 17.7 Å². The maximum absolute atomic E-state index is 11.7. The van der Waals surface area contributed by atoms with E-state index in [1.54, 1.807) is 12.1 Å². The van der Waals surface area contributed by atoms with Gasteiger partial charge in [0, 0.05) is 18.0 Å². The van der Waals surface area contributed by atoms with Gasteiger partial charge in [-0.1, -0.05) is 12.1 Å². The Balaban J connectivity index is 2.69. The summed E-state index contributed by atoms with van der Waals surface area (Å²) in [5.41, 5.74) is 1.05. The van der Waals surface area contributed by atoms with Gasteiger partial charge in [-0.15, -0.1) is 16.5 Å². The number of hydrogen-bond donors (Lipinski definition) is 3. The van der Waals surface area contributed by atoms with Gasteiger partial charge < -0.3 is 15.7 Å². The van der Waals surface area contributed by atoms with E-state index in [4.69, 9.17) is 16.7 Å². The third kappa shape index (κ3) is 5.91. The maximum atomic E-state index is 11.7. The molecule has 1 rings (SSSR count). The van der Waals surface area contributed by atoms with Crippen molar-refractivity contribution in [1.29, 1.82) is 0 Å². The van der Waals surface area contributed by atoms with Crippen LogP contribution in [0, 0.1) is 4.91 Å². The Bertz CT molecular complexity index is 566. The molecule has 0 heterocycles. The van der Waals surface area contributed by atoms with Gasteiger partial charge in [-0.3, -0.25) is 4.79 Å². The van der Waals surface area contributed by atoms with E-state index >= 15 is 0 Å². The predicted molar refractivity (Wildman–Crippen MR) is 83.0 cm³/mol. The zero-order chi connectivity index (χ0) is 17.2. The van der Waals surface area contributed by atoms with Crippen LogP contribution in [0.2, 0.25) is 0 Å². The summed E-state index contributed by atoms with van der Waals surface area (Å²) in [4.78, 5) is 43.5. The van der Waals surface area contributed by atoms with E-state index in [2.05, 4.69) is 15.9 Å². The minimum atomic E-state index is -1.15. The zero-order valence-electron chi connectivity index (χ0n) is 11.9. The molecule has 0 saturated carbocycles. The van der Waals surface area contributed by atoms with Crippen molar-refractivity contribution >= 4 is 35.7 Å². The Hall–Kier alpha value is -2.68. The third-order valence-electron chi connectivity index (χ3n) is 2.84. The summed E-state index contributed by atoms with van der Waals surface area (Å²) in [6, 6.07) is 4.51. The van der Waals surface area contributed by atoms with Gasteiger partial charge in [0.1, 0.15) is 6.04 Å². The maximum Gasteiger partial charge on any atom is 0.344 e. The Labute approximate surface area is 136 Å². The van der Waals surface area contributed by atoms with E-state index in [-0.39, 0.29) is 18.8 Å². The molecule has 1 aromatic carbocycles. The first-order valence-electron chi connectivity index (χ1n) is 6.51. The molecule has 0 aliphatic rings. The molecule has 1 unspecified atom stereocenters. The molecule has 1 aromatic rings. The quantitative estimate of drug-likeness (QED) is 0.269. The van der Waals surface area contributed by atoms with Gasteiger partial charge in [0.15, 0.2) is 0 Å². The highest BCUT2D eigenvalue weighted by Crippen LogP contribution is 2.12. The molecule has 23 heavy (non-hydrogen) atoms. The van der Waals surface area contributed by atoms with E-state index in [9.17, 15) is 19.3 Å². The summed E-state index contributed by atoms with van der Waals surface area (Å²) in [6.45, 7) is -0.0212. The second-order valence-electron chi connectivity index (χ2n) is 4.40. The smallest absolute Gasteiger partial charge is 0.344 e. The Morgan fingerprint density at radius 3 is 2.48 bits per heavy atom. The van der Waals surface area contributed by atoms with E-state index < -0.39 is 18.0 Å². The van der Waals surface area contributed by atoms with Crippen LogP contribution in [0.25, 0.3) is 0 Å². The van der Waals surface area contributed by atoms with Gasteiger partial charge in [0.05, 0.1) is 11.8 Å². The van der Waals surface area contributed by atoms with E-state index in [1.165, 1.54) is 12.1 Å². The molecule has 0 spiro atoms. The largest absolute Gasteiger partial charge is 0.480 e. The summed E-state index contributed by atoms with van der Waals surface area (Å²) >= 11 is 5.44. The average Bonchev–Trinajstić information content (AvgIpc) is 2.53. The number of anilines is 1. The minimum absolute atomic E-state index is 0.0212. The molecule has 0 saturated heterocycles. The van der Waals surface area contributed by atoms with Gasteiger partial charge in [-0.2, -0.15) is 5.01 Å². The highest BCUT2D eigenvalue weighted by atomic mass is 35.5. The number of halogens is 1. The Morgan fingerprint density at radius 2 is 2.00 bits per heavy atom. The summed E-state index contributed by atoms with van der Waals surface area (Å²) in [5.74, 6) is -1.08. The summed E-state index contributed by atoms with van der Waals surface area (Å²) in [5, 5.41) is 16.8. The minimum Gasteiger partial charge on any atom is -0.480 e. The van der Waals surface area contributed by atoms with E-state index in [1.807, 2.05) is 0 Å². The number of benzene rings is 1. The fourth-order valence-corrected chi connectivity index (χ4v) is 1.87. The monoisotopic (exact) mass is 342 g/mol. The second kappa shape index (κ2) is 9.36. The van der Waals surface area contributed by atoms with Crippen molar-refractivity contribution < 1.29 is 19.5 Å². The van der Waals surface area contributed by atoms with Crippen molar-refractivity contribution in [3.05, 3.63) is 34.7 Å². The molecule has 0 bridgehead atoms. The highest BCUT2D eigenvalue weighted by molar-refractivity contribution is 6.18. The van der Waals surface area contributed by atoms with Gasteiger partial charge in [-0.25, -0.2) is 9.59 Å². The number of urea groups is 1. The standard InChI is InChI=1S/C13H15ClN4O5/c14-5-6-18(17-23)13(22)16-10-3-1-9(2-4-10)7-11(12(20)21)15-8-19/h1-4,8,11H,5-7H2,(H,15,19)(H,16,22)(H,20,21). The molecule has 0 aliphatic carbocycles. The molecule has 124 valence electrons. The van der Waals surface area contributed by atoms with Crippen molar-refractivity contribution in [2.45, 2.75) is 12.5 Å². The number of amides is 3. The Morgan fingerprint density at radius 1 is 1.35 bits per heavy atom. The molecular formula is C13H15ClN4O5. The number of carboxylic acids is 1. The lowest BCUT2D eigenvalue weighted by Gasteiger charge is -2.14. The van der Waals surface area contributed by atoms with Crippen LogP contribution < -0.4 is 10.6 Å². The number of nitroso groups, excluding NO2 is 1. The molecule has 9 nitrogen and oxygen atoms in total. The highest BCUT2D eigenvalue weighted by Gasteiger charge is 2.17. The molecule has 0 aliphatic heterocycles. The fourth-order valence-electron chi connectivity index (χ4n) is 1.71. The third-order valence-corrected chi connectivity index (χ3v) is 3.01. The van der Waals surface area contributed by atoms with Crippen molar-refractivity contribution in [2.24, 2.45) is 5.29 Å². The number of hydrogen-bond acceptors (Lipinski definition) is 5. The van der Waals surface area contributed by atoms with Crippen LogP contribution in [0.3, 0.4) is 0 Å². The van der Waals surface area contributed by atoms with Crippen LogP contribution in [0.5, 0.6) is 0 Å². The molecule has 1 atom stereocenters. The number of carbonyl (C=O) groups is 3.